The van der Waals surface area contributed by atoms with Gasteiger partial charge in [-0.3, -0.25) is 9.59 Å². The molecule has 0 unspecified atom stereocenters. The van der Waals surface area contributed by atoms with Gasteiger partial charge < -0.3 is 30.2 Å². The SMILES string of the molecule is CCOC(=O)O[C@H](C)OC(=O)[C@@H]1N2C(=O)[C@H](NC(=O)[C@H](N)c3ccccc3)[C@@H]2SC1(C)C. The van der Waals surface area contributed by atoms with Crippen molar-refractivity contribution in [3.63, 3.8) is 0 Å². The number of ether oxygens (including phenoxy) is 3. The highest BCUT2D eigenvalue weighted by atomic mass is 32.2. The lowest BCUT2D eigenvalue weighted by Crippen LogP contribution is -2.71. The molecule has 0 radical (unpaired) electrons. The van der Waals surface area contributed by atoms with Gasteiger partial charge in [0.1, 0.15) is 23.5 Å². The number of fused-ring (bicyclic) bond motifs is 1. The molecule has 10 nitrogen and oxygen atoms in total. The van der Waals surface area contributed by atoms with E-state index in [1.165, 1.54) is 23.6 Å². The van der Waals surface area contributed by atoms with E-state index in [4.69, 9.17) is 15.2 Å². The molecule has 2 amide bonds. The fraction of sp³-hybridized carbons (Fsp3) is 0.524. The number of nitrogens with zero attached hydrogens (tertiary/aromatic N) is 1. The summed E-state index contributed by atoms with van der Waals surface area (Å²) in [5.41, 5.74) is 6.65. The number of esters is 1. The first-order valence-electron chi connectivity index (χ1n) is 10.2. The second-order valence-corrected chi connectivity index (χ2v) is 9.71. The number of carbonyl (C=O) groups is 4. The van der Waals surface area contributed by atoms with Crippen LogP contribution in [-0.2, 0) is 28.6 Å². The van der Waals surface area contributed by atoms with E-state index in [-0.39, 0.29) is 6.61 Å². The van der Waals surface area contributed by atoms with Crippen LogP contribution in [0.5, 0.6) is 0 Å². The molecule has 1 aromatic rings. The standard InChI is InChI=1S/C21H27N3O7S/c1-5-29-20(28)31-11(2)30-19(27)15-21(3,4)32-18-14(17(26)24(15)18)23-16(25)13(22)12-9-7-6-8-10-12/h6-11,13-15,18H,5,22H2,1-4H3,(H,23,25)/t11-,13-,14+,15+,18+/m1/s1. The normalized spacial score (nSPS) is 25.1. The van der Waals surface area contributed by atoms with Crippen LogP contribution in [0, 0.1) is 0 Å². The number of rotatable bonds is 7. The van der Waals surface area contributed by atoms with Crippen LogP contribution in [0.2, 0.25) is 0 Å². The first kappa shape index (κ1) is 23.9. The van der Waals surface area contributed by atoms with Gasteiger partial charge in [0.15, 0.2) is 0 Å². The highest BCUT2D eigenvalue weighted by Gasteiger charge is 2.64. The smallest absolute Gasteiger partial charge is 0.435 e. The second-order valence-electron chi connectivity index (χ2n) is 7.94. The number of nitrogens with one attached hydrogen (secondary N) is 1. The van der Waals surface area contributed by atoms with E-state index in [2.05, 4.69) is 10.1 Å². The summed E-state index contributed by atoms with van der Waals surface area (Å²) in [5, 5.41) is 2.26. The number of amides is 2. The number of hydrogen-bond acceptors (Lipinski definition) is 9. The van der Waals surface area contributed by atoms with Gasteiger partial charge in [-0.25, -0.2) is 9.59 Å². The van der Waals surface area contributed by atoms with E-state index < -0.39 is 58.5 Å². The van der Waals surface area contributed by atoms with Crippen LogP contribution in [0.1, 0.15) is 39.3 Å². The Labute approximate surface area is 190 Å². The zero-order valence-corrected chi connectivity index (χ0v) is 19.1. The topological polar surface area (TPSA) is 137 Å². The maximum Gasteiger partial charge on any atom is 0.511 e. The summed E-state index contributed by atoms with van der Waals surface area (Å²) in [6.07, 6.45) is -2.14. The molecule has 2 aliphatic rings. The Morgan fingerprint density at radius 3 is 2.50 bits per heavy atom. The lowest BCUT2D eigenvalue weighted by atomic mass is 9.95. The molecule has 174 valence electrons. The third kappa shape index (κ3) is 4.68. The molecular weight excluding hydrogens is 438 g/mol. The van der Waals surface area contributed by atoms with E-state index in [9.17, 15) is 19.2 Å². The number of nitrogens with two attached hydrogens (primary N) is 1. The van der Waals surface area contributed by atoms with Crippen molar-refractivity contribution >= 4 is 35.7 Å². The van der Waals surface area contributed by atoms with Gasteiger partial charge in [-0.2, -0.15) is 0 Å². The van der Waals surface area contributed by atoms with Gasteiger partial charge in [-0.1, -0.05) is 30.3 Å². The molecule has 5 atom stereocenters. The molecule has 2 fully saturated rings. The third-order valence-electron chi connectivity index (χ3n) is 5.21. The highest BCUT2D eigenvalue weighted by molar-refractivity contribution is 8.01. The Morgan fingerprint density at radius 1 is 1.22 bits per heavy atom. The zero-order valence-electron chi connectivity index (χ0n) is 18.3. The van der Waals surface area contributed by atoms with Crippen LogP contribution in [-0.4, -0.2) is 63.9 Å². The molecule has 1 aromatic carbocycles. The predicted molar refractivity (Wildman–Crippen MR) is 115 cm³/mol. The summed E-state index contributed by atoms with van der Waals surface area (Å²) in [7, 11) is 0. The Hall–Kier alpha value is -2.79. The molecule has 11 heteroatoms. The number of carbonyl (C=O) groups excluding carboxylic acids is 4. The van der Waals surface area contributed by atoms with Gasteiger partial charge >= 0.3 is 12.1 Å². The van der Waals surface area contributed by atoms with Gasteiger partial charge in [0.2, 0.25) is 18.1 Å². The fourth-order valence-electron chi connectivity index (χ4n) is 3.72. The van der Waals surface area contributed by atoms with Crippen LogP contribution >= 0.6 is 11.8 Å². The van der Waals surface area contributed by atoms with E-state index in [0.717, 1.165) is 0 Å². The van der Waals surface area contributed by atoms with Gasteiger partial charge in [-0.15, -0.1) is 11.8 Å². The number of hydrogen-bond donors (Lipinski definition) is 2. The molecule has 2 heterocycles. The maximum absolute atomic E-state index is 12.8. The largest absolute Gasteiger partial charge is 0.511 e. The zero-order chi connectivity index (χ0) is 23.6. The number of β-lactam (4-membered cyclic amide) rings is 1. The van der Waals surface area contributed by atoms with Gasteiger partial charge in [0, 0.05) is 11.7 Å². The third-order valence-corrected chi connectivity index (χ3v) is 6.78. The van der Waals surface area contributed by atoms with Crippen molar-refractivity contribution in [3.8, 4) is 0 Å². The van der Waals surface area contributed by atoms with Crippen molar-refractivity contribution in [2.45, 2.75) is 62.2 Å². The van der Waals surface area contributed by atoms with Crippen LogP contribution in [0.25, 0.3) is 0 Å². The first-order chi connectivity index (χ1) is 15.1. The Kier molecular flexibility index (Phi) is 6.99. The van der Waals surface area contributed by atoms with E-state index in [1.54, 1.807) is 45.0 Å². The Bertz CT molecular complexity index is 895. The summed E-state index contributed by atoms with van der Waals surface area (Å²) >= 11 is 1.38. The van der Waals surface area contributed by atoms with E-state index in [1.807, 2.05) is 6.07 Å². The monoisotopic (exact) mass is 465 g/mol. The number of benzene rings is 1. The number of thioether (sulfide) groups is 1. The Balaban J connectivity index is 1.63. The summed E-state index contributed by atoms with van der Waals surface area (Å²) < 4.78 is 14.0. The predicted octanol–water partition coefficient (Wildman–Crippen LogP) is 1.30. The molecule has 0 saturated carbocycles. The highest BCUT2D eigenvalue weighted by Crippen LogP contribution is 2.51. The average Bonchev–Trinajstić information content (AvgIpc) is 2.99. The minimum atomic E-state index is -1.18. The quantitative estimate of drug-likeness (QED) is 0.347. The molecular formula is C21H27N3O7S. The molecule has 2 aliphatic heterocycles. The lowest BCUT2D eigenvalue weighted by Gasteiger charge is -2.44. The van der Waals surface area contributed by atoms with Crippen molar-refractivity contribution in [1.82, 2.24) is 10.2 Å². The summed E-state index contributed by atoms with van der Waals surface area (Å²) in [6.45, 7) is 6.74. The van der Waals surface area contributed by atoms with Crippen LogP contribution in [0.4, 0.5) is 4.79 Å². The summed E-state index contributed by atoms with van der Waals surface area (Å²) in [4.78, 5) is 51.0. The van der Waals surface area contributed by atoms with Crippen LogP contribution < -0.4 is 11.1 Å². The molecule has 0 spiro atoms. The van der Waals surface area contributed by atoms with Crippen molar-refractivity contribution < 1.29 is 33.4 Å². The minimum Gasteiger partial charge on any atom is -0.435 e. The molecule has 0 bridgehead atoms. The van der Waals surface area contributed by atoms with Crippen molar-refractivity contribution in [1.29, 1.82) is 0 Å². The van der Waals surface area contributed by atoms with Crippen LogP contribution in [0.3, 0.4) is 0 Å². The Morgan fingerprint density at radius 2 is 1.88 bits per heavy atom. The molecule has 3 N–H and O–H groups in total. The maximum atomic E-state index is 12.8. The van der Waals surface area contributed by atoms with Crippen molar-refractivity contribution in [3.05, 3.63) is 35.9 Å². The summed E-state index contributed by atoms with van der Waals surface area (Å²) in [5.74, 6) is -1.58. The molecule has 32 heavy (non-hydrogen) atoms. The van der Waals surface area contributed by atoms with Crippen LogP contribution in [0.15, 0.2) is 30.3 Å². The molecule has 3 rings (SSSR count). The average molecular weight is 466 g/mol. The minimum absolute atomic E-state index is 0.122. The molecule has 2 saturated heterocycles. The first-order valence-corrected chi connectivity index (χ1v) is 11.1. The van der Waals surface area contributed by atoms with Gasteiger partial charge in [0.25, 0.3) is 0 Å². The second kappa shape index (κ2) is 9.37. The van der Waals surface area contributed by atoms with Gasteiger partial charge in [-0.05, 0) is 26.3 Å². The van der Waals surface area contributed by atoms with Crippen molar-refractivity contribution in [2.75, 3.05) is 6.61 Å². The van der Waals surface area contributed by atoms with Crippen molar-refractivity contribution in [2.24, 2.45) is 5.73 Å². The van der Waals surface area contributed by atoms with E-state index in [0.29, 0.717) is 5.56 Å². The van der Waals surface area contributed by atoms with E-state index >= 15 is 0 Å². The van der Waals surface area contributed by atoms with Gasteiger partial charge in [0.05, 0.1) is 6.61 Å². The molecule has 0 aliphatic carbocycles. The fourth-order valence-corrected chi connectivity index (χ4v) is 5.34. The lowest BCUT2D eigenvalue weighted by molar-refractivity contribution is -0.180. The molecule has 0 aromatic heterocycles. The summed E-state index contributed by atoms with van der Waals surface area (Å²) in [6, 6.07) is 6.21.